The Morgan fingerprint density at radius 2 is 2.27 bits per heavy atom. The molecule has 3 nitrogen and oxygen atoms in total. The summed E-state index contributed by atoms with van der Waals surface area (Å²) in [5.41, 5.74) is 7.09. The van der Waals surface area contributed by atoms with Crippen LogP contribution in [0, 0.1) is 5.92 Å². The van der Waals surface area contributed by atoms with Gasteiger partial charge in [0.1, 0.15) is 11.5 Å². The third-order valence-corrected chi connectivity index (χ3v) is 2.90. The van der Waals surface area contributed by atoms with E-state index in [1.54, 1.807) is 19.2 Å². The summed E-state index contributed by atoms with van der Waals surface area (Å²) in [4.78, 5) is 0. The highest BCUT2D eigenvalue weighted by Gasteiger charge is 2.25. The maximum atomic E-state index is 9.32. The number of benzene rings is 1. The quantitative estimate of drug-likeness (QED) is 0.795. The zero-order valence-electron chi connectivity index (χ0n) is 8.94. The van der Waals surface area contributed by atoms with Crippen molar-refractivity contribution in [2.75, 3.05) is 7.11 Å². The molecule has 0 spiro atoms. The third kappa shape index (κ3) is 2.42. The second-order valence-electron chi connectivity index (χ2n) is 4.21. The molecular formula is C12H17NO2. The predicted molar refractivity (Wildman–Crippen MR) is 58.9 cm³/mol. The Bertz CT molecular complexity index is 347. The molecular weight excluding hydrogens is 190 g/mol. The lowest BCUT2D eigenvalue weighted by atomic mass is 10.0. The van der Waals surface area contributed by atoms with Crippen molar-refractivity contribution in [3.63, 3.8) is 0 Å². The molecule has 0 radical (unpaired) electrons. The van der Waals surface area contributed by atoms with Crippen LogP contribution in [0.4, 0.5) is 0 Å². The molecule has 1 fully saturated rings. The molecule has 0 amide bonds. The molecule has 15 heavy (non-hydrogen) atoms. The van der Waals surface area contributed by atoms with Gasteiger partial charge in [-0.2, -0.15) is 0 Å². The van der Waals surface area contributed by atoms with Crippen molar-refractivity contribution in [3.8, 4) is 11.5 Å². The van der Waals surface area contributed by atoms with Crippen molar-refractivity contribution in [2.45, 2.75) is 25.3 Å². The van der Waals surface area contributed by atoms with Gasteiger partial charge in [-0.25, -0.2) is 0 Å². The maximum absolute atomic E-state index is 9.32. The zero-order chi connectivity index (χ0) is 10.8. The molecule has 0 aliphatic heterocycles. The van der Waals surface area contributed by atoms with E-state index in [1.165, 1.54) is 12.8 Å². The number of phenols is 1. The Morgan fingerprint density at radius 3 is 2.87 bits per heavy atom. The second kappa shape index (κ2) is 4.11. The van der Waals surface area contributed by atoms with Crippen molar-refractivity contribution in [1.29, 1.82) is 0 Å². The number of hydrogen-bond acceptors (Lipinski definition) is 3. The highest BCUT2D eigenvalue weighted by Crippen LogP contribution is 2.39. The first-order valence-corrected chi connectivity index (χ1v) is 5.33. The van der Waals surface area contributed by atoms with E-state index in [0.717, 1.165) is 17.9 Å². The smallest absolute Gasteiger partial charge is 0.127 e. The fraction of sp³-hybridized carbons (Fsp3) is 0.500. The van der Waals surface area contributed by atoms with Crippen LogP contribution in [-0.4, -0.2) is 12.2 Å². The number of phenolic OH excluding ortho intramolecular Hbond substituents is 1. The lowest BCUT2D eigenvalue weighted by Gasteiger charge is -2.15. The van der Waals surface area contributed by atoms with Crippen LogP contribution in [0.5, 0.6) is 11.5 Å². The summed E-state index contributed by atoms with van der Waals surface area (Å²) < 4.78 is 5.21. The van der Waals surface area contributed by atoms with Gasteiger partial charge in [-0.3, -0.25) is 0 Å². The van der Waals surface area contributed by atoms with Crippen molar-refractivity contribution < 1.29 is 9.84 Å². The first-order chi connectivity index (χ1) is 7.20. The molecule has 3 N–H and O–H groups in total. The van der Waals surface area contributed by atoms with Crippen LogP contribution in [0.3, 0.4) is 0 Å². The minimum Gasteiger partial charge on any atom is -0.508 e. The molecule has 0 saturated heterocycles. The summed E-state index contributed by atoms with van der Waals surface area (Å²) >= 11 is 0. The molecule has 1 aromatic rings. The molecule has 1 aromatic carbocycles. The van der Waals surface area contributed by atoms with E-state index < -0.39 is 0 Å². The molecule has 82 valence electrons. The van der Waals surface area contributed by atoms with Gasteiger partial charge in [0.25, 0.3) is 0 Å². The summed E-state index contributed by atoms with van der Waals surface area (Å²) in [6.07, 6.45) is 3.61. The molecule has 3 heteroatoms. The SMILES string of the molecule is COc1cc(O)ccc1[C@@H](N)CC1CC1. The third-order valence-electron chi connectivity index (χ3n) is 2.90. The zero-order valence-corrected chi connectivity index (χ0v) is 8.94. The van der Waals surface area contributed by atoms with E-state index in [9.17, 15) is 5.11 Å². The molecule has 0 heterocycles. The number of ether oxygens (including phenoxy) is 1. The molecule has 2 rings (SSSR count). The minimum atomic E-state index is 0.0213. The summed E-state index contributed by atoms with van der Waals surface area (Å²) in [6.45, 7) is 0. The molecule has 1 aliphatic rings. The maximum Gasteiger partial charge on any atom is 0.127 e. The van der Waals surface area contributed by atoms with Crippen LogP contribution in [0.2, 0.25) is 0 Å². The number of rotatable bonds is 4. The lowest BCUT2D eigenvalue weighted by molar-refractivity contribution is 0.396. The van der Waals surface area contributed by atoms with E-state index in [1.807, 2.05) is 6.07 Å². The summed E-state index contributed by atoms with van der Waals surface area (Å²) in [6, 6.07) is 5.14. The predicted octanol–water partition coefficient (Wildman–Crippen LogP) is 2.20. The minimum absolute atomic E-state index is 0.0213. The fourth-order valence-electron chi connectivity index (χ4n) is 1.85. The molecule has 1 saturated carbocycles. The standard InChI is InChI=1S/C12H17NO2/c1-15-12-7-9(14)4-5-10(12)11(13)6-8-2-3-8/h4-5,7-8,11,14H,2-3,6,13H2,1H3/t11-/m0/s1. The topological polar surface area (TPSA) is 55.5 Å². The van der Waals surface area contributed by atoms with E-state index >= 15 is 0 Å². The van der Waals surface area contributed by atoms with Crippen molar-refractivity contribution in [3.05, 3.63) is 23.8 Å². The summed E-state index contributed by atoms with van der Waals surface area (Å²) in [5, 5.41) is 9.32. The Morgan fingerprint density at radius 1 is 1.53 bits per heavy atom. The van der Waals surface area contributed by atoms with Gasteiger partial charge >= 0.3 is 0 Å². The van der Waals surface area contributed by atoms with Gasteiger partial charge in [0.2, 0.25) is 0 Å². The largest absolute Gasteiger partial charge is 0.508 e. The Labute approximate surface area is 89.9 Å². The van der Waals surface area contributed by atoms with Gasteiger partial charge in [0.05, 0.1) is 7.11 Å². The monoisotopic (exact) mass is 207 g/mol. The van der Waals surface area contributed by atoms with Gasteiger partial charge in [-0.1, -0.05) is 18.9 Å². The van der Waals surface area contributed by atoms with Gasteiger partial charge < -0.3 is 15.6 Å². The molecule has 0 aromatic heterocycles. The van der Waals surface area contributed by atoms with Crippen LogP contribution < -0.4 is 10.5 Å². The molecule has 1 aliphatic carbocycles. The van der Waals surface area contributed by atoms with Crippen LogP contribution >= 0.6 is 0 Å². The second-order valence-corrected chi connectivity index (χ2v) is 4.21. The summed E-state index contributed by atoms with van der Waals surface area (Å²) in [7, 11) is 1.60. The molecule has 0 unspecified atom stereocenters. The van der Waals surface area contributed by atoms with Crippen LogP contribution in [0.1, 0.15) is 30.9 Å². The summed E-state index contributed by atoms with van der Waals surface area (Å²) in [5.74, 6) is 1.69. The number of nitrogens with two attached hydrogens (primary N) is 1. The van der Waals surface area contributed by atoms with Gasteiger partial charge in [0, 0.05) is 17.7 Å². The van der Waals surface area contributed by atoms with Crippen LogP contribution in [-0.2, 0) is 0 Å². The Hall–Kier alpha value is -1.22. The average molecular weight is 207 g/mol. The highest BCUT2D eigenvalue weighted by molar-refractivity contribution is 5.41. The Balaban J connectivity index is 2.17. The number of methoxy groups -OCH3 is 1. The van der Waals surface area contributed by atoms with Gasteiger partial charge in [-0.15, -0.1) is 0 Å². The van der Waals surface area contributed by atoms with Gasteiger partial charge in [0.15, 0.2) is 0 Å². The first kappa shape index (κ1) is 10.3. The molecule has 1 atom stereocenters. The average Bonchev–Trinajstić information content (AvgIpc) is 3.01. The van der Waals surface area contributed by atoms with E-state index in [4.69, 9.17) is 10.5 Å². The first-order valence-electron chi connectivity index (χ1n) is 5.33. The lowest BCUT2D eigenvalue weighted by Crippen LogP contribution is -2.12. The Kier molecular flexibility index (Phi) is 2.82. The van der Waals surface area contributed by atoms with E-state index in [0.29, 0.717) is 5.75 Å². The van der Waals surface area contributed by atoms with Crippen molar-refractivity contribution >= 4 is 0 Å². The fourth-order valence-corrected chi connectivity index (χ4v) is 1.85. The van der Waals surface area contributed by atoms with E-state index in [2.05, 4.69) is 0 Å². The molecule has 0 bridgehead atoms. The number of aromatic hydroxyl groups is 1. The normalized spacial score (nSPS) is 17.5. The van der Waals surface area contributed by atoms with Crippen LogP contribution in [0.15, 0.2) is 18.2 Å². The van der Waals surface area contributed by atoms with Gasteiger partial charge in [-0.05, 0) is 18.4 Å². The van der Waals surface area contributed by atoms with Crippen LogP contribution in [0.25, 0.3) is 0 Å². The highest BCUT2D eigenvalue weighted by atomic mass is 16.5. The van der Waals surface area contributed by atoms with Crippen molar-refractivity contribution in [2.24, 2.45) is 11.7 Å². The number of hydrogen-bond donors (Lipinski definition) is 2. The van der Waals surface area contributed by atoms with Crippen molar-refractivity contribution in [1.82, 2.24) is 0 Å². The van der Waals surface area contributed by atoms with E-state index in [-0.39, 0.29) is 11.8 Å².